The van der Waals surface area contributed by atoms with Crippen LogP contribution in [0, 0.1) is 0 Å². The van der Waals surface area contributed by atoms with Crippen molar-refractivity contribution in [3.63, 3.8) is 0 Å². The molecule has 2 aromatic carbocycles. The van der Waals surface area contributed by atoms with E-state index in [1.54, 1.807) is 48.5 Å². The first-order valence-electron chi connectivity index (χ1n) is 5.42. The Hall–Kier alpha value is -2.49. The molecular formula is C14H12O4. The van der Waals surface area contributed by atoms with E-state index < -0.39 is 12.4 Å². The van der Waals surface area contributed by atoms with Crippen LogP contribution < -0.4 is 4.74 Å². The molecule has 0 aliphatic carbocycles. The highest BCUT2D eigenvalue weighted by Crippen LogP contribution is 2.22. The van der Waals surface area contributed by atoms with Crippen LogP contribution in [0.4, 0.5) is 4.79 Å². The van der Waals surface area contributed by atoms with Crippen molar-refractivity contribution >= 4 is 6.16 Å². The number of carbonyl (C=O) groups is 1. The Bertz CT molecular complexity index is 496. The normalized spacial score (nSPS) is 11.6. The van der Waals surface area contributed by atoms with E-state index in [4.69, 9.17) is 14.6 Å². The number of rotatable bonds is 4. The van der Waals surface area contributed by atoms with E-state index in [9.17, 15) is 4.79 Å². The van der Waals surface area contributed by atoms with Crippen LogP contribution in [-0.2, 0) is 4.74 Å². The van der Waals surface area contributed by atoms with Gasteiger partial charge in [-0.1, -0.05) is 48.5 Å². The maximum absolute atomic E-state index is 10.7. The molecule has 4 heteroatoms. The number of benzene rings is 2. The topological polar surface area (TPSA) is 55.8 Å². The molecule has 92 valence electrons. The second kappa shape index (κ2) is 5.72. The molecular weight excluding hydrogens is 232 g/mol. The highest BCUT2D eigenvalue weighted by Gasteiger charge is 2.17. The maximum Gasteiger partial charge on any atom is 0.509 e. The summed E-state index contributed by atoms with van der Waals surface area (Å²) in [6.07, 6.45) is -2.34. The van der Waals surface area contributed by atoms with Gasteiger partial charge in [-0.05, 0) is 12.1 Å². The van der Waals surface area contributed by atoms with Gasteiger partial charge in [0.2, 0.25) is 0 Å². The van der Waals surface area contributed by atoms with E-state index in [0.717, 1.165) is 0 Å². The predicted molar refractivity (Wildman–Crippen MR) is 65.4 cm³/mol. The van der Waals surface area contributed by atoms with Gasteiger partial charge in [-0.15, -0.1) is 0 Å². The molecule has 18 heavy (non-hydrogen) atoms. The quantitative estimate of drug-likeness (QED) is 0.661. The third kappa shape index (κ3) is 3.25. The van der Waals surface area contributed by atoms with Crippen molar-refractivity contribution in [1.29, 1.82) is 0 Å². The third-order valence-corrected chi connectivity index (χ3v) is 2.27. The van der Waals surface area contributed by atoms with Crippen LogP contribution in [0.1, 0.15) is 11.9 Å². The van der Waals surface area contributed by atoms with Gasteiger partial charge < -0.3 is 14.6 Å². The first kappa shape index (κ1) is 12.0. The summed E-state index contributed by atoms with van der Waals surface area (Å²) in [5.41, 5.74) is 0.642. The van der Waals surface area contributed by atoms with Gasteiger partial charge >= 0.3 is 6.16 Å². The van der Waals surface area contributed by atoms with Crippen LogP contribution >= 0.6 is 0 Å². The number of hydrogen-bond donors (Lipinski definition) is 1. The van der Waals surface area contributed by atoms with E-state index >= 15 is 0 Å². The molecule has 2 aromatic rings. The average Bonchev–Trinajstić information content (AvgIpc) is 2.40. The molecule has 1 N–H and O–H groups in total. The number of hydrogen-bond acceptors (Lipinski definition) is 3. The van der Waals surface area contributed by atoms with Crippen LogP contribution in [0.5, 0.6) is 5.75 Å². The Balaban J connectivity index is 2.18. The van der Waals surface area contributed by atoms with Gasteiger partial charge in [-0.2, -0.15) is 0 Å². The van der Waals surface area contributed by atoms with Crippen molar-refractivity contribution in [1.82, 2.24) is 0 Å². The van der Waals surface area contributed by atoms with Crippen molar-refractivity contribution in [3.05, 3.63) is 66.2 Å². The minimum atomic E-state index is -1.38. The molecule has 0 bridgehead atoms. The molecule has 0 spiro atoms. The Morgan fingerprint density at radius 1 is 0.944 bits per heavy atom. The van der Waals surface area contributed by atoms with Gasteiger partial charge in [0.05, 0.1) is 0 Å². The molecule has 1 atom stereocenters. The predicted octanol–water partition coefficient (Wildman–Crippen LogP) is 3.46. The molecule has 0 aliphatic heterocycles. The molecule has 0 fully saturated rings. The summed E-state index contributed by atoms with van der Waals surface area (Å²) < 4.78 is 10.2. The van der Waals surface area contributed by atoms with Crippen LogP contribution in [0.3, 0.4) is 0 Å². The van der Waals surface area contributed by atoms with Gasteiger partial charge in [0.1, 0.15) is 5.75 Å². The van der Waals surface area contributed by atoms with E-state index in [1.165, 1.54) is 0 Å². The Labute approximate surface area is 104 Å². The third-order valence-electron chi connectivity index (χ3n) is 2.27. The van der Waals surface area contributed by atoms with Crippen LogP contribution in [-0.4, -0.2) is 11.3 Å². The lowest BCUT2D eigenvalue weighted by Gasteiger charge is -2.17. The molecule has 0 amide bonds. The van der Waals surface area contributed by atoms with Crippen molar-refractivity contribution in [2.24, 2.45) is 0 Å². The molecule has 0 aliphatic rings. The fourth-order valence-corrected chi connectivity index (χ4v) is 1.48. The lowest BCUT2D eigenvalue weighted by atomic mass is 10.2. The van der Waals surface area contributed by atoms with Crippen LogP contribution in [0.2, 0.25) is 0 Å². The zero-order valence-corrected chi connectivity index (χ0v) is 9.52. The Morgan fingerprint density at radius 2 is 1.50 bits per heavy atom. The standard InChI is InChI=1S/C14H12O4/c15-14(16)18-13(11-7-3-1-4-8-11)17-12-9-5-2-6-10-12/h1-10,13H,(H,15,16). The fourth-order valence-electron chi connectivity index (χ4n) is 1.48. The van der Waals surface area contributed by atoms with E-state index in [-0.39, 0.29) is 0 Å². The van der Waals surface area contributed by atoms with Crippen molar-refractivity contribution in [2.45, 2.75) is 6.29 Å². The van der Waals surface area contributed by atoms with Crippen LogP contribution in [0.15, 0.2) is 60.7 Å². The smallest absolute Gasteiger partial charge is 0.450 e. The Kier molecular flexibility index (Phi) is 3.81. The summed E-state index contributed by atoms with van der Waals surface area (Å²) in [6.45, 7) is 0. The summed E-state index contributed by atoms with van der Waals surface area (Å²) in [4.78, 5) is 10.7. The zero-order valence-electron chi connectivity index (χ0n) is 9.52. The van der Waals surface area contributed by atoms with E-state index in [1.807, 2.05) is 12.1 Å². The summed E-state index contributed by atoms with van der Waals surface area (Å²) in [6, 6.07) is 17.8. The van der Waals surface area contributed by atoms with Crippen molar-refractivity contribution in [2.75, 3.05) is 0 Å². The lowest BCUT2D eigenvalue weighted by molar-refractivity contribution is -0.0556. The van der Waals surface area contributed by atoms with Gasteiger partial charge in [0, 0.05) is 5.56 Å². The summed E-state index contributed by atoms with van der Waals surface area (Å²) >= 11 is 0. The highest BCUT2D eigenvalue weighted by molar-refractivity contribution is 5.57. The first-order valence-corrected chi connectivity index (χ1v) is 5.42. The lowest BCUT2D eigenvalue weighted by Crippen LogP contribution is -2.15. The first-order chi connectivity index (χ1) is 8.75. The van der Waals surface area contributed by atoms with Gasteiger partial charge in [-0.25, -0.2) is 4.79 Å². The van der Waals surface area contributed by atoms with E-state index in [2.05, 4.69) is 0 Å². The zero-order chi connectivity index (χ0) is 12.8. The highest BCUT2D eigenvalue weighted by atomic mass is 16.8. The van der Waals surface area contributed by atoms with Gasteiger partial charge in [-0.3, -0.25) is 0 Å². The average molecular weight is 244 g/mol. The van der Waals surface area contributed by atoms with Gasteiger partial charge in [0.25, 0.3) is 6.29 Å². The second-order valence-electron chi connectivity index (χ2n) is 3.56. The SMILES string of the molecule is O=C(O)OC(Oc1ccccc1)c1ccccc1. The second-order valence-corrected chi connectivity index (χ2v) is 3.56. The molecule has 0 heterocycles. The van der Waals surface area contributed by atoms with Gasteiger partial charge in [0.15, 0.2) is 0 Å². The molecule has 1 unspecified atom stereocenters. The molecule has 0 saturated carbocycles. The summed E-state index contributed by atoms with van der Waals surface area (Å²) in [7, 11) is 0. The molecule has 0 radical (unpaired) electrons. The maximum atomic E-state index is 10.7. The number of para-hydroxylation sites is 1. The number of ether oxygens (including phenoxy) is 2. The summed E-state index contributed by atoms with van der Waals surface area (Å²) in [5, 5.41) is 8.72. The molecule has 0 aromatic heterocycles. The van der Waals surface area contributed by atoms with E-state index in [0.29, 0.717) is 11.3 Å². The Morgan fingerprint density at radius 3 is 2.06 bits per heavy atom. The van der Waals surface area contributed by atoms with Crippen molar-refractivity contribution in [3.8, 4) is 5.75 Å². The molecule has 0 saturated heterocycles. The largest absolute Gasteiger partial charge is 0.509 e. The molecule has 2 rings (SSSR count). The molecule has 4 nitrogen and oxygen atoms in total. The van der Waals surface area contributed by atoms with Crippen molar-refractivity contribution < 1.29 is 19.4 Å². The minimum absolute atomic E-state index is 0.549. The monoisotopic (exact) mass is 244 g/mol. The van der Waals surface area contributed by atoms with Crippen LogP contribution in [0.25, 0.3) is 0 Å². The summed E-state index contributed by atoms with van der Waals surface area (Å²) in [5.74, 6) is 0.549. The minimum Gasteiger partial charge on any atom is -0.450 e. The number of carboxylic acid groups (broad SMARTS) is 1. The fraction of sp³-hybridized carbons (Fsp3) is 0.0714.